The molecule has 7 nitrogen and oxygen atoms in total. The Hall–Kier alpha value is -4.17. The predicted octanol–water partition coefficient (Wildman–Crippen LogP) is 4.92. The molecule has 2 heterocycles. The minimum absolute atomic E-state index is 0.0799. The van der Waals surface area contributed by atoms with Crippen LogP contribution in [0.15, 0.2) is 96.0 Å². The molecule has 4 aromatic rings. The van der Waals surface area contributed by atoms with Crippen LogP contribution in [0.2, 0.25) is 0 Å². The number of carbonyl (C=O) groups is 2. The molecule has 0 radical (unpaired) electrons. The van der Waals surface area contributed by atoms with Gasteiger partial charge in [0.25, 0.3) is 15.9 Å². The van der Waals surface area contributed by atoms with E-state index in [1.807, 2.05) is 37.3 Å². The van der Waals surface area contributed by atoms with E-state index in [0.29, 0.717) is 16.5 Å². The van der Waals surface area contributed by atoms with E-state index in [0.717, 1.165) is 16.0 Å². The van der Waals surface area contributed by atoms with Crippen molar-refractivity contribution in [1.82, 2.24) is 8.87 Å². The molecule has 0 bridgehead atoms. The summed E-state index contributed by atoms with van der Waals surface area (Å²) < 4.78 is 33.1. The van der Waals surface area contributed by atoms with E-state index in [1.54, 1.807) is 48.5 Å². The molecule has 5 rings (SSSR count). The first-order valence-corrected chi connectivity index (χ1v) is 12.5. The van der Waals surface area contributed by atoms with Crippen molar-refractivity contribution in [1.29, 1.82) is 0 Å². The van der Waals surface area contributed by atoms with Crippen molar-refractivity contribution in [2.45, 2.75) is 17.9 Å². The fraction of sp³-hybridized carbons (Fsp3) is 0.111. The number of amides is 2. The van der Waals surface area contributed by atoms with Crippen LogP contribution in [0.4, 0.5) is 4.79 Å². The number of rotatable bonds is 5. The number of benzene rings is 3. The quantitative estimate of drug-likeness (QED) is 0.374. The molecule has 2 amide bonds. The third-order valence-electron chi connectivity index (χ3n) is 5.99. The third kappa shape index (κ3) is 4.13. The second kappa shape index (κ2) is 8.88. The highest BCUT2D eigenvalue weighted by molar-refractivity contribution is 7.90. The summed E-state index contributed by atoms with van der Waals surface area (Å²) in [6, 6.07) is 22.4. The van der Waals surface area contributed by atoms with Crippen LogP contribution in [0.5, 0.6) is 0 Å². The lowest BCUT2D eigenvalue weighted by atomic mass is 10.1. The summed E-state index contributed by atoms with van der Waals surface area (Å²) in [6.07, 6.45) is 3.57. The van der Waals surface area contributed by atoms with E-state index < -0.39 is 28.1 Å². The Morgan fingerprint density at radius 2 is 1.66 bits per heavy atom. The van der Waals surface area contributed by atoms with E-state index in [1.165, 1.54) is 22.3 Å². The Labute approximate surface area is 202 Å². The van der Waals surface area contributed by atoms with E-state index in [2.05, 4.69) is 0 Å². The molecule has 1 fully saturated rings. The van der Waals surface area contributed by atoms with E-state index >= 15 is 0 Å². The number of fused-ring (bicyclic) bond motifs is 1. The average Bonchev–Trinajstić information content (AvgIpc) is 3.44. The van der Waals surface area contributed by atoms with Crippen molar-refractivity contribution >= 4 is 39.0 Å². The molecule has 0 N–H and O–H groups in total. The van der Waals surface area contributed by atoms with Gasteiger partial charge in [-0.3, -0.25) is 4.79 Å². The van der Waals surface area contributed by atoms with E-state index in [9.17, 15) is 18.0 Å². The van der Waals surface area contributed by atoms with Crippen molar-refractivity contribution in [3.63, 3.8) is 0 Å². The van der Waals surface area contributed by atoms with Gasteiger partial charge in [0.1, 0.15) is 12.6 Å². The summed E-state index contributed by atoms with van der Waals surface area (Å²) in [5.74, 6) is -0.542. The van der Waals surface area contributed by atoms with Gasteiger partial charge in [0, 0.05) is 23.2 Å². The lowest BCUT2D eigenvalue weighted by molar-refractivity contribution is -0.124. The second-order valence-electron chi connectivity index (χ2n) is 8.26. The number of hydrogen-bond acceptors (Lipinski definition) is 5. The summed E-state index contributed by atoms with van der Waals surface area (Å²) in [4.78, 5) is 26.6. The fourth-order valence-electron chi connectivity index (χ4n) is 4.16. The van der Waals surface area contributed by atoms with Gasteiger partial charge >= 0.3 is 6.09 Å². The molecule has 1 aliphatic heterocycles. The standard InChI is InChI=1S/C27H22N2O5S/c1-19-11-14-22(15-12-19)35(32,33)28-17-21(23-9-5-6-10-24(23)28)13-16-26(30)29-25(18-34-27(29)31)20-7-3-2-4-8-20/h2-17,25H,18H2,1H3/b16-13+/t25-/m1/s1. The first-order valence-electron chi connectivity index (χ1n) is 11.0. The topological polar surface area (TPSA) is 85.7 Å². The Kier molecular flexibility index (Phi) is 5.74. The Bertz CT molecular complexity index is 1550. The number of cyclic esters (lactones) is 1. The SMILES string of the molecule is Cc1ccc(S(=O)(=O)n2cc(/C=C/C(=O)N3C(=O)OC[C@@H]3c3ccccc3)c3ccccc32)cc1. The maximum absolute atomic E-state index is 13.4. The van der Waals surface area contributed by atoms with Crippen LogP contribution in [-0.4, -0.2) is 35.9 Å². The number of hydrogen-bond donors (Lipinski definition) is 0. The minimum Gasteiger partial charge on any atom is -0.446 e. The molecule has 1 aliphatic rings. The zero-order valence-corrected chi connectivity index (χ0v) is 19.7. The van der Waals surface area contributed by atoms with Crippen molar-refractivity contribution < 1.29 is 22.7 Å². The summed E-state index contributed by atoms with van der Waals surface area (Å²) in [5, 5.41) is 0.663. The summed E-state index contributed by atoms with van der Waals surface area (Å²) in [7, 11) is -3.86. The zero-order valence-electron chi connectivity index (χ0n) is 18.9. The smallest absolute Gasteiger partial charge is 0.417 e. The lowest BCUT2D eigenvalue weighted by Gasteiger charge is -2.18. The highest BCUT2D eigenvalue weighted by Gasteiger charge is 2.37. The molecule has 176 valence electrons. The van der Waals surface area contributed by atoms with Crippen molar-refractivity contribution in [2.24, 2.45) is 0 Å². The molecular formula is C27H22N2O5S. The summed E-state index contributed by atoms with van der Waals surface area (Å²) >= 11 is 0. The van der Waals surface area contributed by atoms with Crippen LogP contribution in [-0.2, 0) is 19.6 Å². The van der Waals surface area contributed by atoms with Gasteiger partial charge in [-0.25, -0.2) is 22.1 Å². The average molecular weight is 487 g/mol. The van der Waals surface area contributed by atoms with Gasteiger partial charge in [-0.05, 0) is 36.8 Å². The first kappa shape index (κ1) is 22.6. The molecule has 35 heavy (non-hydrogen) atoms. The van der Waals surface area contributed by atoms with Crippen molar-refractivity contribution in [3.8, 4) is 0 Å². The normalized spacial score (nSPS) is 16.2. The maximum atomic E-state index is 13.4. The number of para-hydroxylation sites is 1. The highest BCUT2D eigenvalue weighted by atomic mass is 32.2. The van der Waals surface area contributed by atoms with Gasteiger partial charge in [-0.15, -0.1) is 0 Å². The van der Waals surface area contributed by atoms with Gasteiger partial charge in [0.2, 0.25) is 0 Å². The Balaban J connectivity index is 1.50. The number of aromatic nitrogens is 1. The molecule has 3 aromatic carbocycles. The van der Waals surface area contributed by atoms with Crippen LogP contribution < -0.4 is 0 Å². The molecule has 0 unspecified atom stereocenters. The fourth-order valence-corrected chi connectivity index (χ4v) is 5.54. The Morgan fingerprint density at radius 3 is 2.40 bits per heavy atom. The molecule has 0 saturated carbocycles. The lowest BCUT2D eigenvalue weighted by Crippen LogP contribution is -2.32. The van der Waals surface area contributed by atoms with Gasteiger partial charge in [0.15, 0.2) is 0 Å². The molecule has 1 aromatic heterocycles. The van der Waals surface area contributed by atoms with Crippen LogP contribution in [0.25, 0.3) is 17.0 Å². The summed E-state index contributed by atoms with van der Waals surface area (Å²) in [5.41, 5.74) is 2.77. The van der Waals surface area contributed by atoms with Gasteiger partial charge < -0.3 is 4.74 Å². The second-order valence-corrected chi connectivity index (χ2v) is 10.1. The van der Waals surface area contributed by atoms with Crippen LogP contribution in [0.1, 0.15) is 22.7 Å². The van der Waals surface area contributed by atoms with E-state index in [4.69, 9.17) is 4.74 Å². The number of ether oxygens (including phenoxy) is 1. The molecule has 0 spiro atoms. The van der Waals surface area contributed by atoms with Gasteiger partial charge in [-0.2, -0.15) is 0 Å². The zero-order chi connectivity index (χ0) is 24.6. The number of aryl methyl sites for hydroxylation is 1. The molecule has 8 heteroatoms. The monoisotopic (exact) mass is 486 g/mol. The van der Waals surface area contributed by atoms with Gasteiger partial charge in [0.05, 0.1) is 10.4 Å². The molecule has 1 saturated heterocycles. The van der Waals surface area contributed by atoms with Crippen LogP contribution in [0, 0.1) is 6.92 Å². The van der Waals surface area contributed by atoms with Crippen molar-refractivity contribution in [3.05, 3.63) is 108 Å². The number of carbonyl (C=O) groups excluding carboxylic acids is 2. The Morgan fingerprint density at radius 1 is 0.971 bits per heavy atom. The highest BCUT2D eigenvalue weighted by Crippen LogP contribution is 2.30. The summed E-state index contributed by atoms with van der Waals surface area (Å²) in [6.45, 7) is 1.97. The number of imide groups is 1. The van der Waals surface area contributed by atoms with Crippen LogP contribution in [0.3, 0.4) is 0 Å². The molecular weight excluding hydrogens is 464 g/mol. The van der Waals surface area contributed by atoms with E-state index in [-0.39, 0.29) is 11.5 Å². The molecule has 0 aliphatic carbocycles. The maximum Gasteiger partial charge on any atom is 0.417 e. The largest absolute Gasteiger partial charge is 0.446 e. The van der Waals surface area contributed by atoms with Crippen LogP contribution >= 0.6 is 0 Å². The van der Waals surface area contributed by atoms with Gasteiger partial charge in [-0.1, -0.05) is 66.2 Å². The first-order chi connectivity index (χ1) is 16.9. The predicted molar refractivity (Wildman–Crippen MR) is 132 cm³/mol. The third-order valence-corrected chi connectivity index (χ3v) is 7.67. The minimum atomic E-state index is -3.86. The number of nitrogens with zero attached hydrogens (tertiary/aromatic N) is 2. The molecule has 1 atom stereocenters. The van der Waals surface area contributed by atoms with Crippen molar-refractivity contribution in [2.75, 3.05) is 6.61 Å².